The highest BCUT2D eigenvalue weighted by molar-refractivity contribution is 5.74. The van der Waals surface area contributed by atoms with E-state index in [0.717, 1.165) is 31.5 Å². The van der Waals surface area contributed by atoms with Crippen LogP contribution < -0.4 is 27.0 Å². The molecule has 0 saturated carbocycles. The third kappa shape index (κ3) is 1.86. The summed E-state index contributed by atoms with van der Waals surface area (Å²) in [7, 11) is 0. The minimum Gasteiger partial charge on any atom is -0.394 e. The summed E-state index contributed by atoms with van der Waals surface area (Å²) in [5.74, 6) is 0. The molecule has 20 heavy (non-hydrogen) atoms. The summed E-state index contributed by atoms with van der Waals surface area (Å²) in [6.07, 6.45) is 2.99. The number of nitrogen functional groups attached to an aromatic ring is 1. The third-order valence-electron chi connectivity index (χ3n) is 3.87. The van der Waals surface area contributed by atoms with Gasteiger partial charge in [0.05, 0.1) is 5.69 Å². The van der Waals surface area contributed by atoms with Gasteiger partial charge >= 0.3 is 0 Å². The molecule has 2 aromatic rings. The highest BCUT2D eigenvalue weighted by Crippen LogP contribution is 2.29. The van der Waals surface area contributed by atoms with Crippen molar-refractivity contribution in [3.05, 3.63) is 49.8 Å². The first-order valence-electron chi connectivity index (χ1n) is 6.86. The largest absolute Gasteiger partial charge is 0.394 e. The van der Waals surface area contributed by atoms with Crippen molar-refractivity contribution in [2.45, 2.75) is 26.2 Å². The van der Waals surface area contributed by atoms with Crippen LogP contribution in [0.5, 0.6) is 0 Å². The minimum absolute atomic E-state index is 0.0359. The molecule has 5 nitrogen and oxygen atoms in total. The molecule has 0 unspecified atom stereocenters. The number of rotatable bonds is 3. The summed E-state index contributed by atoms with van der Waals surface area (Å²) in [4.78, 5) is 22.7. The van der Waals surface area contributed by atoms with Crippen molar-refractivity contribution in [2.75, 3.05) is 22.7 Å². The van der Waals surface area contributed by atoms with Crippen LogP contribution in [0.2, 0.25) is 0 Å². The monoisotopic (exact) mass is 271 g/mol. The van der Waals surface area contributed by atoms with Crippen LogP contribution >= 0.6 is 0 Å². The molecule has 104 valence electrons. The van der Waals surface area contributed by atoms with Gasteiger partial charge < -0.3 is 5.73 Å². The molecular weight excluding hydrogens is 254 g/mol. The zero-order valence-corrected chi connectivity index (χ0v) is 11.4. The van der Waals surface area contributed by atoms with Crippen LogP contribution in [0.4, 0.5) is 17.1 Å². The van der Waals surface area contributed by atoms with Crippen molar-refractivity contribution in [3.63, 3.8) is 0 Å². The number of hydrogen-bond acceptors (Lipinski definition) is 5. The lowest BCUT2D eigenvalue weighted by Gasteiger charge is -2.33. The molecule has 1 heterocycles. The predicted octanol–water partition coefficient (Wildman–Crippen LogP) is 1.21. The lowest BCUT2D eigenvalue weighted by atomic mass is 10.00. The van der Waals surface area contributed by atoms with Gasteiger partial charge in [0.2, 0.25) is 0 Å². The highest BCUT2D eigenvalue weighted by Gasteiger charge is 2.23. The van der Waals surface area contributed by atoms with E-state index in [9.17, 15) is 9.59 Å². The molecule has 0 spiro atoms. The molecule has 0 aliphatic carbocycles. The molecule has 5 heteroatoms. The summed E-state index contributed by atoms with van der Waals surface area (Å²) < 4.78 is 0. The molecule has 0 aromatic heterocycles. The average molecular weight is 271 g/mol. The number of nitrogens with two attached hydrogens (primary N) is 1. The normalized spacial score (nSPS) is 14.3. The fourth-order valence-electron chi connectivity index (χ4n) is 2.61. The highest BCUT2D eigenvalue weighted by atomic mass is 16.2. The Bertz CT molecular complexity index is 729. The van der Waals surface area contributed by atoms with Gasteiger partial charge in [0.1, 0.15) is 11.4 Å². The maximum absolute atomic E-state index is 11.5. The van der Waals surface area contributed by atoms with Crippen LogP contribution in [0.15, 0.2) is 27.8 Å². The van der Waals surface area contributed by atoms with Crippen molar-refractivity contribution in [3.8, 4) is 0 Å². The van der Waals surface area contributed by atoms with Crippen molar-refractivity contribution in [1.82, 2.24) is 0 Å². The summed E-state index contributed by atoms with van der Waals surface area (Å²) in [6.45, 7) is 2.90. The maximum atomic E-state index is 11.5. The van der Waals surface area contributed by atoms with Gasteiger partial charge in [-0.25, -0.2) is 0 Å². The van der Waals surface area contributed by atoms with E-state index in [1.165, 1.54) is 11.1 Å². The molecule has 1 aliphatic rings. The van der Waals surface area contributed by atoms with E-state index >= 15 is 0 Å². The number of fused-ring (bicyclic) bond motifs is 1. The fraction of sp³-hybridized carbons (Fsp3) is 0.333. The van der Waals surface area contributed by atoms with Crippen LogP contribution in [-0.2, 0) is 12.8 Å². The quantitative estimate of drug-likeness (QED) is 0.821. The van der Waals surface area contributed by atoms with E-state index in [4.69, 9.17) is 5.73 Å². The number of aryl methyl sites for hydroxylation is 2. The first kappa shape index (κ1) is 12.7. The van der Waals surface area contributed by atoms with Crippen LogP contribution in [0.1, 0.15) is 24.5 Å². The summed E-state index contributed by atoms with van der Waals surface area (Å²) in [5, 5.41) is 1.92. The molecule has 0 amide bonds. The minimum atomic E-state index is -0.591. The van der Waals surface area contributed by atoms with Crippen molar-refractivity contribution in [1.29, 1.82) is 0 Å². The first-order chi connectivity index (χ1) is 9.61. The summed E-state index contributed by atoms with van der Waals surface area (Å²) >= 11 is 0. The van der Waals surface area contributed by atoms with Gasteiger partial charge in [-0.1, -0.05) is 19.1 Å². The SMILES string of the molecule is CCc1ccc2c(c1)N(Nc1c(N)c(=O)c1=O)CCC2. The Morgan fingerprint density at radius 3 is 2.80 bits per heavy atom. The molecule has 0 fully saturated rings. The lowest BCUT2D eigenvalue weighted by Crippen LogP contribution is -2.43. The molecule has 0 saturated heterocycles. The van der Waals surface area contributed by atoms with Gasteiger partial charge in [-0.05, 0) is 36.5 Å². The molecule has 0 radical (unpaired) electrons. The lowest BCUT2D eigenvalue weighted by molar-refractivity contribution is 0.737. The Hall–Kier alpha value is -2.30. The van der Waals surface area contributed by atoms with E-state index in [0.29, 0.717) is 0 Å². The zero-order chi connectivity index (χ0) is 14.3. The van der Waals surface area contributed by atoms with E-state index < -0.39 is 10.9 Å². The topological polar surface area (TPSA) is 75.4 Å². The Kier molecular flexibility index (Phi) is 2.97. The number of hydrazine groups is 1. The van der Waals surface area contributed by atoms with Crippen molar-refractivity contribution < 1.29 is 0 Å². The van der Waals surface area contributed by atoms with Crippen LogP contribution in [-0.4, -0.2) is 6.54 Å². The second-order valence-electron chi connectivity index (χ2n) is 5.13. The van der Waals surface area contributed by atoms with Gasteiger partial charge in [-0.15, -0.1) is 0 Å². The van der Waals surface area contributed by atoms with Crippen molar-refractivity contribution >= 4 is 17.1 Å². The van der Waals surface area contributed by atoms with Crippen LogP contribution in [0, 0.1) is 0 Å². The Morgan fingerprint density at radius 1 is 1.30 bits per heavy atom. The maximum Gasteiger partial charge on any atom is 0.255 e. The van der Waals surface area contributed by atoms with E-state index in [-0.39, 0.29) is 11.4 Å². The summed E-state index contributed by atoms with van der Waals surface area (Å²) in [6, 6.07) is 6.39. The average Bonchev–Trinajstić information content (AvgIpc) is 2.51. The van der Waals surface area contributed by atoms with Gasteiger partial charge in [0, 0.05) is 6.54 Å². The summed E-state index contributed by atoms with van der Waals surface area (Å²) in [5.41, 5.74) is 11.3. The first-order valence-corrected chi connectivity index (χ1v) is 6.86. The molecule has 3 N–H and O–H groups in total. The number of anilines is 3. The van der Waals surface area contributed by atoms with Crippen LogP contribution in [0.25, 0.3) is 0 Å². The van der Waals surface area contributed by atoms with Crippen LogP contribution in [0.3, 0.4) is 0 Å². The second-order valence-corrected chi connectivity index (χ2v) is 5.13. The molecule has 2 aromatic carbocycles. The van der Waals surface area contributed by atoms with E-state index in [2.05, 4.69) is 30.5 Å². The zero-order valence-electron chi connectivity index (χ0n) is 11.4. The molecule has 0 atom stereocenters. The predicted molar refractivity (Wildman–Crippen MR) is 80.9 cm³/mol. The van der Waals surface area contributed by atoms with Gasteiger partial charge in [0.25, 0.3) is 10.9 Å². The van der Waals surface area contributed by atoms with E-state index in [1.807, 2.05) is 5.01 Å². The Morgan fingerprint density at radius 2 is 2.10 bits per heavy atom. The molecule has 0 bridgehead atoms. The standard InChI is InChI=1S/C15H17N3O2/c1-2-9-5-6-10-4-3-7-18(11(10)8-9)17-13-12(16)14(19)15(13)20/h5-6,8,17H,2-4,7,16H2,1H3. The number of nitrogens with one attached hydrogen (secondary N) is 1. The Labute approximate surface area is 116 Å². The second kappa shape index (κ2) is 4.67. The Balaban J connectivity index is 1.94. The number of nitrogens with zero attached hydrogens (tertiary/aromatic N) is 1. The number of hydrogen-bond donors (Lipinski definition) is 2. The molecule has 3 rings (SSSR count). The fourth-order valence-corrected chi connectivity index (χ4v) is 2.61. The van der Waals surface area contributed by atoms with Gasteiger partial charge in [-0.3, -0.25) is 20.0 Å². The number of benzene rings is 1. The van der Waals surface area contributed by atoms with Crippen molar-refractivity contribution in [2.24, 2.45) is 0 Å². The molecular formula is C15H17N3O2. The smallest absolute Gasteiger partial charge is 0.255 e. The molecule has 1 aliphatic heterocycles. The third-order valence-corrected chi connectivity index (χ3v) is 3.87. The van der Waals surface area contributed by atoms with Gasteiger partial charge in [0.15, 0.2) is 0 Å². The van der Waals surface area contributed by atoms with Gasteiger partial charge in [-0.2, -0.15) is 0 Å². The van der Waals surface area contributed by atoms with E-state index in [1.54, 1.807) is 0 Å².